The summed E-state index contributed by atoms with van der Waals surface area (Å²) in [4.78, 5) is 0. The van der Waals surface area contributed by atoms with Gasteiger partial charge in [0.1, 0.15) is 0 Å². The molecule has 0 aliphatic heterocycles. The van der Waals surface area contributed by atoms with Gasteiger partial charge >= 0.3 is 6.18 Å². The minimum Gasteiger partial charge on any atom is -0.309 e. The van der Waals surface area contributed by atoms with E-state index in [9.17, 15) is 10.5 Å². The summed E-state index contributed by atoms with van der Waals surface area (Å²) in [6.07, 6.45) is -4.75. The van der Waals surface area contributed by atoms with Crippen LogP contribution in [0.3, 0.4) is 0 Å². The van der Waals surface area contributed by atoms with Gasteiger partial charge in [-0.25, -0.2) is 0 Å². The van der Waals surface area contributed by atoms with Gasteiger partial charge in [0.05, 0.1) is 62.3 Å². The number of hydrogen-bond acceptors (Lipinski definition) is 2. The topological polar surface area (TPSA) is 57.4 Å². The molecule has 2 aliphatic carbocycles. The van der Waals surface area contributed by atoms with Crippen molar-refractivity contribution >= 4 is 43.6 Å². The smallest absolute Gasteiger partial charge is 0.309 e. The van der Waals surface area contributed by atoms with Crippen molar-refractivity contribution < 1.29 is 13.2 Å². The molecule has 0 radical (unpaired) electrons. The molecule has 0 atom stereocenters. The van der Waals surface area contributed by atoms with E-state index in [1.54, 1.807) is 6.07 Å². The third-order valence-corrected chi connectivity index (χ3v) is 15.4. The zero-order valence-corrected chi connectivity index (χ0v) is 38.7. The van der Waals surface area contributed by atoms with Crippen LogP contribution in [0.4, 0.5) is 13.2 Å². The molecule has 2 aromatic heterocycles. The molecule has 0 spiro atoms. The van der Waals surface area contributed by atoms with E-state index in [1.165, 1.54) is 56.6 Å². The molecule has 13 rings (SSSR count). The number of fused-ring (bicyclic) bond motifs is 14. The molecule has 9 aromatic carbocycles. The summed E-state index contributed by atoms with van der Waals surface area (Å²) < 4.78 is 49.9. The Morgan fingerprint density at radius 1 is 0.414 bits per heavy atom. The second-order valence-corrected chi connectivity index (χ2v) is 19.8. The first-order valence-electron chi connectivity index (χ1n) is 23.5. The highest BCUT2D eigenvalue weighted by atomic mass is 19.4. The van der Waals surface area contributed by atoms with Crippen LogP contribution in [0.15, 0.2) is 176 Å². The summed E-state index contributed by atoms with van der Waals surface area (Å²) >= 11 is 0. The highest BCUT2D eigenvalue weighted by Gasteiger charge is 2.40. The van der Waals surface area contributed by atoms with Crippen molar-refractivity contribution in [2.45, 2.75) is 44.7 Å². The lowest BCUT2D eigenvalue weighted by Crippen LogP contribution is -2.15. The largest absolute Gasteiger partial charge is 0.417 e. The molecule has 11 aromatic rings. The quantitative estimate of drug-likeness (QED) is 0.177. The molecule has 0 fully saturated rings. The molecule has 334 valence electrons. The van der Waals surface area contributed by atoms with E-state index in [0.717, 1.165) is 61.1 Å². The minimum absolute atomic E-state index is 0.0499. The molecular weight excluding hydrogens is 870 g/mol. The Morgan fingerprint density at radius 2 is 0.857 bits per heavy atom. The lowest BCUT2D eigenvalue weighted by Gasteiger charge is -2.23. The molecule has 0 bridgehead atoms. The van der Waals surface area contributed by atoms with Gasteiger partial charge in [0.15, 0.2) is 0 Å². The number of alkyl halides is 3. The van der Waals surface area contributed by atoms with E-state index in [1.807, 2.05) is 48.5 Å². The van der Waals surface area contributed by atoms with Gasteiger partial charge in [-0.3, -0.25) is 0 Å². The van der Waals surface area contributed by atoms with Crippen LogP contribution in [0.1, 0.15) is 66.6 Å². The third kappa shape index (κ3) is 5.58. The van der Waals surface area contributed by atoms with Crippen molar-refractivity contribution in [2.24, 2.45) is 0 Å². The molecule has 0 saturated heterocycles. The Labute approximate surface area is 402 Å². The van der Waals surface area contributed by atoms with Gasteiger partial charge in [0.25, 0.3) is 0 Å². The van der Waals surface area contributed by atoms with Crippen LogP contribution < -0.4 is 0 Å². The van der Waals surface area contributed by atoms with Crippen molar-refractivity contribution in [1.29, 1.82) is 10.5 Å². The van der Waals surface area contributed by atoms with Crippen LogP contribution in [0.2, 0.25) is 0 Å². The van der Waals surface area contributed by atoms with E-state index in [4.69, 9.17) is 0 Å². The van der Waals surface area contributed by atoms with Crippen LogP contribution in [0.25, 0.3) is 99.5 Å². The lowest BCUT2D eigenvalue weighted by atomic mass is 9.80. The first kappa shape index (κ1) is 41.5. The highest BCUT2D eigenvalue weighted by Crippen LogP contribution is 2.56. The van der Waals surface area contributed by atoms with Gasteiger partial charge in [-0.05, 0) is 122 Å². The summed E-state index contributed by atoms with van der Waals surface area (Å²) in [5, 5.41) is 24.8. The van der Waals surface area contributed by atoms with Crippen LogP contribution >= 0.6 is 0 Å². The van der Waals surface area contributed by atoms with Crippen LogP contribution in [-0.4, -0.2) is 9.13 Å². The number of aromatic nitrogens is 2. The lowest BCUT2D eigenvalue weighted by molar-refractivity contribution is -0.137. The number of nitrogens with zero attached hydrogens (tertiary/aromatic N) is 4. The average molecular weight is 911 g/mol. The number of benzene rings is 9. The Balaban J connectivity index is 1.16. The first-order valence-corrected chi connectivity index (χ1v) is 23.5. The van der Waals surface area contributed by atoms with Crippen molar-refractivity contribution in [2.75, 3.05) is 0 Å². The maximum absolute atomic E-state index is 15.1. The molecule has 4 nitrogen and oxygen atoms in total. The zero-order valence-electron chi connectivity index (χ0n) is 38.7. The van der Waals surface area contributed by atoms with Gasteiger partial charge in [0.2, 0.25) is 0 Å². The Kier molecular flexibility index (Phi) is 8.56. The molecule has 0 amide bonds. The molecule has 70 heavy (non-hydrogen) atoms. The van der Waals surface area contributed by atoms with Gasteiger partial charge in [-0.15, -0.1) is 0 Å². The molecule has 0 unspecified atom stereocenters. The molecule has 2 aliphatic rings. The SMILES string of the molecule is CC1(C)c2ccccc2-c2ccc3c(c21)c1ccccc1n3-c1ccc(C#N)cc1-c1cc(-c2ccc(C#N)cc2C(F)(F)F)ccc1-n1c2ccccc2c2c3c(ccc21)-c1ccccc1C3(C)C. The maximum atomic E-state index is 15.1. The van der Waals surface area contributed by atoms with E-state index in [-0.39, 0.29) is 22.0 Å². The number of rotatable bonds is 4. The van der Waals surface area contributed by atoms with Gasteiger partial charge < -0.3 is 9.13 Å². The number of hydrogen-bond donors (Lipinski definition) is 0. The van der Waals surface area contributed by atoms with Crippen molar-refractivity contribution in [3.8, 4) is 68.0 Å². The summed E-state index contributed by atoms with van der Waals surface area (Å²) in [5.74, 6) is 0. The monoisotopic (exact) mass is 910 g/mol. The molecule has 0 saturated carbocycles. The number of para-hydroxylation sites is 2. The van der Waals surface area contributed by atoms with Crippen molar-refractivity contribution in [1.82, 2.24) is 9.13 Å². The van der Waals surface area contributed by atoms with Crippen LogP contribution in [-0.2, 0) is 17.0 Å². The van der Waals surface area contributed by atoms with Gasteiger partial charge in [-0.1, -0.05) is 137 Å². The van der Waals surface area contributed by atoms with Crippen molar-refractivity contribution in [3.63, 3.8) is 0 Å². The standard InChI is InChI=1S/C63H41F3N4/c1-61(2)48-17-9-5-13-40(48)42-25-29-55-57(59(42)61)44-15-7-11-19-51(44)69(55)53-27-22-36(34-67)31-46(53)47-33-38(39-24-21-37(35-68)32-50(39)63(64,65)66)23-28-54(47)70-52-20-12-8-16-45(52)58-56(70)30-26-43-41-14-6-10-18-49(41)62(3,4)60(43)58/h5-33H,1-4H3. The number of nitriles is 2. The van der Waals surface area contributed by atoms with E-state index < -0.39 is 11.7 Å². The third-order valence-electron chi connectivity index (χ3n) is 15.4. The van der Waals surface area contributed by atoms with Gasteiger partial charge in [0, 0.05) is 43.5 Å². The minimum atomic E-state index is -4.75. The average Bonchev–Trinajstić information content (AvgIpc) is 4.04. The predicted octanol–water partition coefficient (Wildman–Crippen LogP) is 16.6. The summed E-state index contributed by atoms with van der Waals surface area (Å²) in [7, 11) is 0. The molecule has 2 heterocycles. The predicted molar refractivity (Wildman–Crippen MR) is 276 cm³/mol. The second-order valence-electron chi connectivity index (χ2n) is 19.8. The zero-order chi connectivity index (χ0) is 48.0. The fourth-order valence-electron chi connectivity index (χ4n) is 12.4. The fourth-order valence-corrected chi connectivity index (χ4v) is 12.4. The molecule has 0 N–H and O–H groups in total. The number of halogens is 3. The highest BCUT2D eigenvalue weighted by molar-refractivity contribution is 6.16. The Morgan fingerprint density at radius 3 is 1.39 bits per heavy atom. The molecule has 7 heteroatoms. The van der Waals surface area contributed by atoms with E-state index in [0.29, 0.717) is 22.3 Å². The summed E-state index contributed by atoms with van der Waals surface area (Å²) in [6.45, 7) is 9.13. The molecular formula is C63H41F3N4. The maximum Gasteiger partial charge on any atom is 0.417 e. The summed E-state index contributed by atoms with van der Waals surface area (Å²) in [6, 6.07) is 61.9. The Bertz CT molecular complexity index is 4200. The first-order chi connectivity index (χ1) is 33.8. The normalized spacial score (nSPS) is 14.1. The van der Waals surface area contributed by atoms with Gasteiger partial charge in [-0.2, -0.15) is 23.7 Å². The Hall–Kier alpha value is -8.65. The van der Waals surface area contributed by atoms with E-state index in [2.05, 4.69) is 152 Å². The summed E-state index contributed by atoms with van der Waals surface area (Å²) in [5.41, 5.74) is 15.5. The second kappa shape index (κ2) is 14.4. The van der Waals surface area contributed by atoms with Crippen molar-refractivity contribution in [3.05, 3.63) is 215 Å². The van der Waals surface area contributed by atoms with Crippen LogP contribution in [0.5, 0.6) is 0 Å². The van der Waals surface area contributed by atoms with Crippen LogP contribution in [0, 0.1) is 22.7 Å². The fraction of sp³-hybridized carbons (Fsp3) is 0.111. The van der Waals surface area contributed by atoms with E-state index >= 15 is 13.2 Å².